The van der Waals surface area contributed by atoms with Crippen molar-refractivity contribution < 1.29 is 13.2 Å². The predicted molar refractivity (Wildman–Crippen MR) is 261 cm³/mol. The van der Waals surface area contributed by atoms with Crippen LogP contribution in [0, 0.1) is 36.5 Å². The van der Waals surface area contributed by atoms with Crippen molar-refractivity contribution in [2.24, 2.45) is 0 Å². The fraction of sp³-hybridized carbons (Fsp3) is 0.0508. The maximum Gasteiger partial charge on any atom is 0.416 e. The number of hydrogen-bond acceptors (Lipinski definition) is 2. The van der Waals surface area contributed by atoms with E-state index >= 15 is 0 Å². The first-order valence-corrected chi connectivity index (χ1v) is 21.6. The van der Waals surface area contributed by atoms with Crippen molar-refractivity contribution in [2.45, 2.75) is 20.0 Å². The van der Waals surface area contributed by atoms with Crippen LogP contribution in [-0.4, -0.2) is 9.13 Å². The van der Waals surface area contributed by atoms with Gasteiger partial charge in [-0.05, 0) is 114 Å². The molecule has 7 heteroatoms. The molecule has 0 saturated heterocycles. The molecule has 0 N–H and O–H groups in total. The summed E-state index contributed by atoms with van der Waals surface area (Å²) in [5.41, 5.74) is 14.2. The molecular weight excluding hydrogens is 822 g/mol. The summed E-state index contributed by atoms with van der Waals surface area (Å²) >= 11 is 0. The highest BCUT2D eigenvalue weighted by Crippen LogP contribution is 2.44. The number of aromatic nitrogens is 2. The van der Waals surface area contributed by atoms with Crippen LogP contribution >= 0.6 is 0 Å². The number of para-hydroxylation sites is 2. The van der Waals surface area contributed by atoms with Crippen molar-refractivity contribution in [3.05, 3.63) is 216 Å². The van der Waals surface area contributed by atoms with Crippen molar-refractivity contribution >= 4 is 43.6 Å². The van der Waals surface area contributed by atoms with Crippen LogP contribution in [0.2, 0.25) is 0 Å². The van der Waals surface area contributed by atoms with E-state index in [0.29, 0.717) is 16.7 Å². The number of hydrogen-bond donors (Lipinski definition) is 0. The topological polar surface area (TPSA) is 57.4 Å². The van der Waals surface area contributed by atoms with Gasteiger partial charge in [-0.3, -0.25) is 0 Å². The number of nitriles is 2. The van der Waals surface area contributed by atoms with Crippen LogP contribution < -0.4 is 0 Å². The van der Waals surface area contributed by atoms with Gasteiger partial charge in [0.25, 0.3) is 0 Å². The first-order valence-electron chi connectivity index (χ1n) is 21.6. The lowest BCUT2D eigenvalue weighted by Crippen LogP contribution is -2.05. The predicted octanol–water partition coefficient (Wildman–Crippen LogP) is 15.9. The quantitative estimate of drug-likeness (QED) is 0.167. The van der Waals surface area contributed by atoms with Gasteiger partial charge in [-0.1, -0.05) is 132 Å². The van der Waals surface area contributed by atoms with Gasteiger partial charge in [-0.2, -0.15) is 23.7 Å². The van der Waals surface area contributed by atoms with E-state index in [1.807, 2.05) is 66.7 Å². The second-order valence-corrected chi connectivity index (χ2v) is 16.8. The molecule has 11 rings (SSSR count). The van der Waals surface area contributed by atoms with Gasteiger partial charge in [-0.15, -0.1) is 0 Å². The van der Waals surface area contributed by atoms with E-state index in [1.165, 1.54) is 17.2 Å². The zero-order valence-corrected chi connectivity index (χ0v) is 35.8. The van der Waals surface area contributed by atoms with Gasteiger partial charge in [0.1, 0.15) is 0 Å². The Bertz CT molecular complexity index is 3840. The van der Waals surface area contributed by atoms with Crippen molar-refractivity contribution in [1.29, 1.82) is 10.5 Å². The van der Waals surface area contributed by atoms with Crippen LogP contribution in [0.5, 0.6) is 0 Å². The van der Waals surface area contributed by atoms with E-state index in [1.54, 1.807) is 0 Å². The van der Waals surface area contributed by atoms with E-state index < -0.39 is 11.7 Å². The molecule has 9 aromatic carbocycles. The van der Waals surface area contributed by atoms with E-state index in [4.69, 9.17) is 0 Å². The second kappa shape index (κ2) is 15.6. The molecule has 4 nitrogen and oxygen atoms in total. The van der Waals surface area contributed by atoms with Crippen LogP contribution in [0.3, 0.4) is 0 Å². The first-order chi connectivity index (χ1) is 32.1. The fourth-order valence-electron chi connectivity index (χ4n) is 9.51. The molecule has 2 aromatic heterocycles. The molecular formula is C59H37F3N4. The van der Waals surface area contributed by atoms with Gasteiger partial charge in [0.05, 0.1) is 62.3 Å². The van der Waals surface area contributed by atoms with Crippen LogP contribution in [0.4, 0.5) is 13.2 Å². The third kappa shape index (κ3) is 6.69. The molecule has 0 unspecified atom stereocenters. The lowest BCUT2D eigenvalue weighted by atomic mass is 9.93. The smallest absolute Gasteiger partial charge is 0.309 e. The summed E-state index contributed by atoms with van der Waals surface area (Å²) in [6.45, 7) is 4.15. The Morgan fingerprint density at radius 3 is 1.36 bits per heavy atom. The van der Waals surface area contributed by atoms with Gasteiger partial charge >= 0.3 is 6.18 Å². The molecule has 2 heterocycles. The van der Waals surface area contributed by atoms with Crippen LogP contribution in [0.15, 0.2) is 188 Å². The summed E-state index contributed by atoms with van der Waals surface area (Å²) in [7, 11) is 0. The number of nitrogens with zero attached hydrogens (tertiary/aromatic N) is 4. The van der Waals surface area contributed by atoms with Crippen LogP contribution in [0.25, 0.3) is 99.5 Å². The Morgan fingerprint density at radius 1 is 0.394 bits per heavy atom. The minimum absolute atomic E-state index is 0.0807. The fourth-order valence-corrected chi connectivity index (χ4v) is 9.51. The number of fused-ring (bicyclic) bond motifs is 6. The summed E-state index contributed by atoms with van der Waals surface area (Å²) < 4.78 is 46.3. The average Bonchev–Trinajstić information content (AvgIpc) is 3.85. The van der Waals surface area contributed by atoms with E-state index in [9.17, 15) is 23.7 Å². The van der Waals surface area contributed by atoms with Gasteiger partial charge in [-0.25, -0.2) is 0 Å². The maximum atomic E-state index is 14.0. The highest BCUT2D eigenvalue weighted by Gasteiger charge is 2.31. The molecule has 0 aliphatic rings. The molecule has 0 spiro atoms. The number of halogens is 3. The lowest BCUT2D eigenvalue weighted by Gasteiger charge is -2.20. The summed E-state index contributed by atoms with van der Waals surface area (Å²) in [6.07, 6.45) is -4.61. The van der Waals surface area contributed by atoms with Crippen molar-refractivity contribution in [3.8, 4) is 68.0 Å². The third-order valence-electron chi connectivity index (χ3n) is 12.8. The Balaban J connectivity index is 1.21. The SMILES string of the molecule is Cc1ccc(-c2ccc3c(c2)c2ccccc2n3-c2cc(C#N)ccc2-c2ccc(-c3ccc(C(F)(F)F)cc3C#N)cc2-n2c3ccccc3c3cc(-c4ccc(C)cc4)ccc32)cc1. The van der Waals surface area contributed by atoms with Gasteiger partial charge in [0.15, 0.2) is 0 Å². The lowest BCUT2D eigenvalue weighted by molar-refractivity contribution is -0.137. The van der Waals surface area contributed by atoms with Crippen molar-refractivity contribution in [3.63, 3.8) is 0 Å². The summed E-state index contributed by atoms with van der Waals surface area (Å²) in [5.74, 6) is 0. The monoisotopic (exact) mass is 858 g/mol. The summed E-state index contributed by atoms with van der Waals surface area (Å²) in [5, 5.41) is 24.9. The van der Waals surface area contributed by atoms with Crippen LogP contribution in [-0.2, 0) is 6.18 Å². The molecule has 0 radical (unpaired) electrons. The highest BCUT2D eigenvalue weighted by molar-refractivity contribution is 6.13. The minimum atomic E-state index is -4.61. The average molecular weight is 859 g/mol. The summed E-state index contributed by atoms with van der Waals surface area (Å²) in [4.78, 5) is 0. The standard InChI is InChI=1S/C59H37F3N4/c1-36-11-16-39(17-12-36)41-21-27-55-51(31-41)47-7-3-5-9-53(47)65(55)57-29-38(34-63)15-24-49(57)50-25-20-43(46-26-23-45(59(60,61)62)30-44(46)35-64)33-58(50)66-54-10-6-4-8-48(54)52-32-42(22-28-56(52)66)40-18-13-37(2)14-19-40/h3-33H,1-2H3. The normalized spacial score (nSPS) is 11.7. The molecule has 0 aliphatic carbocycles. The van der Waals surface area contributed by atoms with E-state index in [0.717, 1.165) is 100 Å². The Hall–Kier alpha value is -8.65. The number of aryl methyl sites for hydroxylation is 2. The first kappa shape index (κ1) is 40.1. The molecule has 0 fully saturated rings. The molecule has 0 aliphatic heterocycles. The van der Waals surface area contributed by atoms with Gasteiger partial charge in [0.2, 0.25) is 0 Å². The Kier molecular flexibility index (Phi) is 9.46. The second-order valence-electron chi connectivity index (χ2n) is 16.8. The maximum absolute atomic E-state index is 14.0. The Morgan fingerprint density at radius 2 is 0.848 bits per heavy atom. The van der Waals surface area contributed by atoms with Gasteiger partial charge in [0, 0.05) is 32.7 Å². The zero-order chi connectivity index (χ0) is 45.3. The molecule has 66 heavy (non-hydrogen) atoms. The number of alkyl halides is 3. The molecule has 314 valence electrons. The van der Waals surface area contributed by atoms with Gasteiger partial charge < -0.3 is 9.13 Å². The largest absolute Gasteiger partial charge is 0.416 e. The van der Waals surface area contributed by atoms with E-state index in [-0.39, 0.29) is 5.56 Å². The number of benzene rings is 9. The Labute approximate surface area is 378 Å². The minimum Gasteiger partial charge on any atom is -0.309 e. The molecule has 0 amide bonds. The highest BCUT2D eigenvalue weighted by atomic mass is 19.4. The van der Waals surface area contributed by atoms with Crippen molar-refractivity contribution in [1.82, 2.24) is 9.13 Å². The third-order valence-corrected chi connectivity index (χ3v) is 12.8. The summed E-state index contributed by atoms with van der Waals surface area (Å²) in [6, 6.07) is 65.7. The number of rotatable bonds is 6. The molecule has 0 atom stereocenters. The molecule has 11 aromatic rings. The zero-order valence-electron chi connectivity index (χ0n) is 35.8. The van der Waals surface area contributed by atoms with Crippen molar-refractivity contribution in [2.75, 3.05) is 0 Å². The van der Waals surface area contributed by atoms with E-state index in [2.05, 4.69) is 138 Å². The molecule has 0 saturated carbocycles. The van der Waals surface area contributed by atoms with Crippen LogP contribution in [0.1, 0.15) is 27.8 Å². The molecule has 0 bridgehead atoms.